The zero-order valence-electron chi connectivity index (χ0n) is 12.5. The first-order valence-corrected chi connectivity index (χ1v) is 7.90. The zero-order chi connectivity index (χ0) is 13.7. The van der Waals surface area contributed by atoms with Crippen LogP contribution in [0.4, 0.5) is 0 Å². The lowest BCUT2D eigenvalue weighted by atomic mass is 9.84. The Bertz CT molecular complexity index is 368. The van der Waals surface area contributed by atoms with Crippen molar-refractivity contribution < 1.29 is 5.11 Å². The van der Waals surface area contributed by atoms with Gasteiger partial charge >= 0.3 is 0 Å². The first-order valence-electron chi connectivity index (χ1n) is 7.90. The molecule has 1 aliphatic rings. The number of aryl methyl sites for hydroxylation is 2. The standard InChI is InChI=1S/C18H28O/c1-14-10-15(2)12-16(11-14)13-18(19)17-8-6-4-3-5-7-9-17/h10-12,17-19H,3-9,13H2,1-2H3. The summed E-state index contributed by atoms with van der Waals surface area (Å²) in [7, 11) is 0. The summed E-state index contributed by atoms with van der Waals surface area (Å²) in [5.74, 6) is 0.515. The Morgan fingerprint density at radius 1 is 0.947 bits per heavy atom. The minimum atomic E-state index is -0.153. The molecule has 0 aliphatic heterocycles. The maximum Gasteiger partial charge on any atom is 0.0608 e. The first kappa shape index (κ1) is 14.6. The molecular formula is C18H28O. The molecule has 1 nitrogen and oxygen atoms in total. The third kappa shape index (κ3) is 4.65. The van der Waals surface area contributed by atoms with E-state index in [1.54, 1.807) is 0 Å². The zero-order valence-corrected chi connectivity index (χ0v) is 12.5. The van der Waals surface area contributed by atoms with Gasteiger partial charge in [0, 0.05) is 0 Å². The highest BCUT2D eigenvalue weighted by molar-refractivity contribution is 5.29. The van der Waals surface area contributed by atoms with Gasteiger partial charge in [0.05, 0.1) is 6.10 Å². The van der Waals surface area contributed by atoms with Crippen LogP contribution < -0.4 is 0 Å². The van der Waals surface area contributed by atoms with Gasteiger partial charge in [-0.1, -0.05) is 61.4 Å². The highest BCUT2D eigenvalue weighted by Gasteiger charge is 2.20. The normalized spacial score (nSPS) is 19.7. The van der Waals surface area contributed by atoms with Crippen LogP contribution in [-0.4, -0.2) is 11.2 Å². The third-order valence-electron chi connectivity index (χ3n) is 4.42. The van der Waals surface area contributed by atoms with Gasteiger partial charge in [-0.05, 0) is 44.6 Å². The molecule has 1 aliphatic carbocycles. The lowest BCUT2D eigenvalue weighted by Crippen LogP contribution is -2.23. The second-order valence-electron chi connectivity index (χ2n) is 6.37. The predicted molar refractivity (Wildman–Crippen MR) is 81.4 cm³/mol. The molecule has 1 aromatic carbocycles. The van der Waals surface area contributed by atoms with Crippen molar-refractivity contribution in [2.24, 2.45) is 5.92 Å². The molecule has 0 radical (unpaired) electrons. The average Bonchev–Trinajstić information content (AvgIpc) is 2.26. The highest BCUT2D eigenvalue weighted by atomic mass is 16.3. The Morgan fingerprint density at radius 2 is 1.47 bits per heavy atom. The molecule has 1 unspecified atom stereocenters. The van der Waals surface area contributed by atoms with Crippen LogP contribution in [0.2, 0.25) is 0 Å². The molecular weight excluding hydrogens is 232 g/mol. The maximum absolute atomic E-state index is 10.5. The van der Waals surface area contributed by atoms with Gasteiger partial charge in [-0.3, -0.25) is 0 Å². The molecule has 2 rings (SSSR count). The molecule has 1 N–H and O–H groups in total. The quantitative estimate of drug-likeness (QED) is 0.844. The van der Waals surface area contributed by atoms with Crippen LogP contribution in [0.15, 0.2) is 18.2 Å². The summed E-state index contributed by atoms with van der Waals surface area (Å²) in [6, 6.07) is 6.64. The van der Waals surface area contributed by atoms with Crippen molar-refractivity contribution in [1.82, 2.24) is 0 Å². The lowest BCUT2D eigenvalue weighted by Gasteiger charge is -2.25. The van der Waals surface area contributed by atoms with E-state index in [-0.39, 0.29) is 6.10 Å². The molecule has 19 heavy (non-hydrogen) atoms. The molecule has 0 saturated heterocycles. The monoisotopic (exact) mass is 260 g/mol. The van der Waals surface area contributed by atoms with Crippen LogP contribution in [0.25, 0.3) is 0 Å². The van der Waals surface area contributed by atoms with E-state index in [9.17, 15) is 5.11 Å². The van der Waals surface area contributed by atoms with E-state index in [0.29, 0.717) is 5.92 Å². The molecule has 1 saturated carbocycles. The molecule has 0 bridgehead atoms. The van der Waals surface area contributed by atoms with Crippen molar-refractivity contribution in [3.8, 4) is 0 Å². The third-order valence-corrected chi connectivity index (χ3v) is 4.42. The number of hydrogen-bond donors (Lipinski definition) is 1. The smallest absolute Gasteiger partial charge is 0.0608 e. The van der Waals surface area contributed by atoms with Crippen molar-refractivity contribution in [2.45, 2.75) is 71.3 Å². The fourth-order valence-electron chi connectivity index (χ4n) is 3.47. The molecule has 0 aromatic heterocycles. The fraction of sp³-hybridized carbons (Fsp3) is 0.667. The average molecular weight is 260 g/mol. The van der Waals surface area contributed by atoms with Crippen molar-refractivity contribution in [1.29, 1.82) is 0 Å². The molecule has 1 fully saturated rings. The van der Waals surface area contributed by atoms with E-state index in [1.807, 2.05) is 0 Å². The van der Waals surface area contributed by atoms with Crippen LogP contribution >= 0.6 is 0 Å². The van der Waals surface area contributed by atoms with Crippen LogP contribution in [0.3, 0.4) is 0 Å². The van der Waals surface area contributed by atoms with E-state index in [4.69, 9.17) is 0 Å². The minimum Gasteiger partial charge on any atom is -0.392 e. The second kappa shape index (κ2) is 7.09. The molecule has 0 heterocycles. The Balaban J connectivity index is 1.96. The number of rotatable bonds is 3. The Hall–Kier alpha value is -0.820. The number of aliphatic hydroxyl groups excluding tert-OH is 1. The Morgan fingerprint density at radius 3 is 2.05 bits per heavy atom. The Labute approximate surface area is 118 Å². The van der Waals surface area contributed by atoms with Gasteiger partial charge in [0.15, 0.2) is 0 Å². The SMILES string of the molecule is Cc1cc(C)cc(CC(O)C2CCCCCCC2)c1. The van der Waals surface area contributed by atoms with E-state index in [2.05, 4.69) is 32.0 Å². The summed E-state index contributed by atoms with van der Waals surface area (Å²) >= 11 is 0. The lowest BCUT2D eigenvalue weighted by molar-refractivity contribution is 0.0913. The van der Waals surface area contributed by atoms with Gasteiger partial charge < -0.3 is 5.11 Å². The predicted octanol–water partition coefficient (Wildman–Crippen LogP) is 4.57. The van der Waals surface area contributed by atoms with Gasteiger partial charge in [0.1, 0.15) is 0 Å². The van der Waals surface area contributed by atoms with Crippen LogP contribution in [0, 0.1) is 19.8 Å². The minimum absolute atomic E-state index is 0.153. The summed E-state index contributed by atoms with van der Waals surface area (Å²) in [6.07, 6.45) is 9.80. The summed E-state index contributed by atoms with van der Waals surface area (Å²) in [5, 5.41) is 10.5. The van der Waals surface area contributed by atoms with Crippen LogP contribution in [0.5, 0.6) is 0 Å². The molecule has 1 aromatic rings. The molecule has 1 atom stereocenters. The summed E-state index contributed by atoms with van der Waals surface area (Å²) < 4.78 is 0. The van der Waals surface area contributed by atoms with Gasteiger partial charge in [0.25, 0.3) is 0 Å². The van der Waals surface area contributed by atoms with Crippen molar-refractivity contribution in [2.75, 3.05) is 0 Å². The number of benzene rings is 1. The van der Waals surface area contributed by atoms with Gasteiger partial charge in [-0.15, -0.1) is 0 Å². The van der Waals surface area contributed by atoms with Crippen molar-refractivity contribution in [3.63, 3.8) is 0 Å². The van der Waals surface area contributed by atoms with Crippen molar-refractivity contribution >= 4 is 0 Å². The van der Waals surface area contributed by atoms with Gasteiger partial charge in [-0.2, -0.15) is 0 Å². The summed E-state index contributed by atoms with van der Waals surface area (Å²) in [6.45, 7) is 4.28. The van der Waals surface area contributed by atoms with Crippen molar-refractivity contribution in [3.05, 3.63) is 34.9 Å². The van der Waals surface area contributed by atoms with Crippen LogP contribution in [-0.2, 0) is 6.42 Å². The Kier molecular flexibility index (Phi) is 5.45. The second-order valence-corrected chi connectivity index (χ2v) is 6.37. The first-order chi connectivity index (χ1) is 9.15. The van der Waals surface area contributed by atoms with Crippen LogP contribution in [0.1, 0.15) is 61.6 Å². The molecule has 0 amide bonds. The van der Waals surface area contributed by atoms with Gasteiger partial charge in [0.2, 0.25) is 0 Å². The largest absolute Gasteiger partial charge is 0.392 e. The van der Waals surface area contributed by atoms with Gasteiger partial charge in [-0.25, -0.2) is 0 Å². The topological polar surface area (TPSA) is 20.2 Å². The van der Waals surface area contributed by atoms with E-state index < -0.39 is 0 Å². The van der Waals surface area contributed by atoms with E-state index in [1.165, 1.54) is 61.6 Å². The maximum atomic E-state index is 10.5. The molecule has 0 spiro atoms. The summed E-state index contributed by atoms with van der Waals surface area (Å²) in [4.78, 5) is 0. The van der Waals surface area contributed by atoms with E-state index in [0.717, 1.165) is 6.42 Å². The number of aliphatic hydroxyl groups is 1. The van der Waals surface area contributed by atoms with E-state index >= 15 is 0 Å². The summed E-state index contributed by atoms with van der Waals surface area (Å²) in [5.41, 5.74) is 3.91. The fourth-order valence-corrected chi connectivity index (χ4v) is 3.47. The molecule has 106 valence electrons. The molecule has 1 heteroatoms. The highest BCUT2D eigenvalue weighted by Crippen LogP contribution is 2.26. The number of hydrogen-bond acceptors (Lipinski definition) is 1.